The van der Waals surface area contributed by atoms with Crippen LogP contribution in [-0.4, -0.2) is 29.0 Å². The van der Waals surface area contributed by atoms with Crippen LogP contribution >= 0.6 is 11.8 Å². The van der Waals surface area contributed by atoms with Crippen molar-refractivity contribution in [3.63, 3.8) is 0 Å². The standard InChI is InChI=1S/C31H33N3O3S/c1-21-11-9-12-22(2)27(21)32-30(37)31(17-7-4-8-18-31)33-28(36)24-15-10-16-25(19-24)34-26(35)20-38-29(34)23-13-5-3-6-14-23/h3,5-6,9-16,19,29H,4,7-8,17-18,20H2,1-2H3,(H,32,37)(H,33,36)/t29-/m0/s1. The smallest absolute Gasteiger partial charge is 0.252 e. The molecule has 3 amide bonds. The first-order valence-electron chi connectivity index (χ1n) is 13.2. The Morgan fingerprint density at radius 1 is 0.895 bits per heavy atom. The second-order valence-corrected chi connectivity index (χ2v) is 11.3. The van der Waals surface area contributed by atoms with Crippen molar-refractivity contribution in [2.45, 2.75) is 56.9 Å². The molecule has 0 spiro atoms. The lowest BCUT2D eigenvalue weighted by molar-refractivity contribution is -0.123. The van der Waals surface area contributed by atoms with Crippen LogP contribution in [0.2, 0.25) is 0 Å². The molecule has 1 saturated carbocycles. The average Bonchev–Trinajstić information content (AvgIpc) is 3.33. The Hall–Kier alpha value is -3.58. The van der Waals surface area contributed by atoms with Gasteiger partial charge in [0.25, 0.3) is 5.91 Å². The molecule has 7 heteroatoms. The van der Waals surface area contributed by atoms with Crippen molar-refractivity contribution in [2.24, 2.45) is 0 Å². The molecule has 196 valence electrons. The summed E-state index contributed by atoms with van der Waals surface area (Å²) >= 11 is 1.58. The van der Waals surface area contributed by atoms with E-state index in [-0.39, 0.29) is 23.1 Å². The van der Waals surface area contributed by atoms with Crippen LogP contribution in [-0.2, 0) is 9.59 Å². The SMILES string of the molecule is Cc1cccc(C)c1NC(=O)C1(NC(=O)c2cccc(N3C(=O)CS[C@H]3c3ccccc3)c2)CCCCC1. The summed E-state index contributed by atoms with van der Waals surface area (Å²) in [7, 11) is 0. The number of carbonyl (C=O) groups excluding carboxylic acids is 3. The molecule has 1 aliphatic heterocycles. The van der Waals surface area contributed by atoms with E-state index in [9.17, 15) is 14.4 Å². The lowest BCUT2D eigenvalue weighted by Crippen LogP contribution is -2.57. The van der Waals surface area contributed by atoms with Gasteiger partial charge in [0, 0.05) is 16.9 Å². The van der Waals surface area contributed by atoms with Gasteiger partial charge in [0.2, 0.25) is 11.8 Å². The van der Waals surface area contributed by atoms with Crippen LogP contribution in [0.3, 0.4) is 0 Å². The number of aryl methyl sites for hydroxylation is 2. The first-order chi connectivity index (χ1) is 18.4. The van der Waals surface area contributed by atoms with Crippen molar-refractivity contribution in [2.75, 3.05) is 16.0 Å². The van der Waals surface area contributed by atoms with Crippen molar-refractivity contribution in [1.29, 1.82) is 0 Å². The van der Waals surface area contributed by atoms with Gasteiger partial charge in [-0.1, -0.05) is 73.9 Å². The quantitative estimate of drug-likeness (QED) is 0.403. The average molecular weight is 528 g/mol. The van der Waals surface area contributed by atoms with Crippen LogP contribution in [0.1, 0.15) is 64.5 Å². The van der Waals surface area contributed by atoms with E-state index >= 15 is 0 Å². The molecule has 2 aliphatic rings. The first-order valence-corrected chi connectivity index (χ1v) is 14.2. The highest BCUT2D eigenvalue weighted by atomic mass is 32.2. The van der Waals surface area contributed by atoms with Crippen molar-refractivity contribution < 1.29 is 14.4 Å². The third-order valence-corrected chi connectivity index (χ3v) is 8.77. The molecule has 2 N–H and O–H groups in total. The molecule has 1 heterocycles. The third-order valence-electron chi connectivity index (χ3n) is 7.55. The summed E-state index contributed by atoms with van der Waals surface area (Å²) < 4.78 is 0. The number of anilines is 2. The predicted octanol–water partition coefficient (Wildman–Crippen LogP) is 6.15. The Balaban J connectivity index is 1.40. The summed E-state index contributed by atoms with van der Waals surface area (Å²) in [6.45, 7) is 3.95. The molecular weight excluding hydrogens is 494 g/mol. The summed E-state index contributed by atoms with van der Waals surface area (Å²) in [6, 6.07) is 23.0. The van der Waals surface area contributed by atoms with Gasteiger partial charge in [-0.15, -0.1) is 11.8 Å². The summed E-state index contributed by atoms with van der Waals surface area (Å²) in [6.07, 6.45) is 3.97. The highest BCUT2D eigenvalue weighted by Gasteiger charge is 2.41. The first kappa shape index (κ1) is 26.0. The molecule has 0 unspecified atom stereocenters. The maximum atomic E-state index is 13.7. The lowest BCUT2D eigenvalue weighted by Gasteiger charge is -2.37. The van der Waals surface area contributed by atoms with Gasteiger partial charge in [0.15, 0.2) is 0 Å². The number of para-hydroxylation sites is 1. The lowest BCUT2D eigenvalue weighted by atomic mass is 9.80. The molecule has 0 bridgehead atoms. The summed E-state index contributed by atoms with van der Waals surface area (Å²) in [5, 5.41) is 6.10. The summed E-state index contributed by atoms with van der Waals surface area (Å²) in [5.74, 6) is -0.0779. The maximum Gasteiger partial charge on any atom is 0.252 e. The second-order valence-electron chi connectivity index (χ2n) is 10.2. The molecule has 1 aliphatic carbocycles. The van der Waals surface area contributed by atoms with Crippen molar-refractivity contribution in [3.8, 4) is 0 Å². The van der Waals surface area contributed by atoms with E-state index in [1.54, 1.807) is 34.9 Å². The number of nitrogens with zero attached hydrogens (tertiary/aromatic N) is 1. The number of nitrogens with one attached hydrogen (secondary N) is 2. The Kier molecular flexibility index (Phi) is 7.56. The third kappa shape index (κ3) is 5.20. The topological polar surface area (TPSA) is 78.5 Å². The fourth-order valence-corrected chi connectivity index (χ4v) is 6.64. The normalized spacial score (nSPS) is 18.7. The van der Waals surface area contributed by atoms with Gasteiger partial charge in [-0.25, -0.2) is 0 Å². The minimum Gasteiger partial charge on any atom is -0.338 e. The van der Waals surface area contributed by atoms with Crippen LogP contribution in [0.15, 0.2) is 72.8 Å². The Morgan fingerprint density at radius 3 is 2.29 bits per heavy atom. The van der Waals surface area contributed by atoms with E-state index in [0.717, 1.165) is 41.6 Å². The maximum absolute atomic E-state index is 13.7. The number of amides is 3. The summed E-state index contributed by atoms with van der Waals surface area (Å²) in [4.78, 5) is 41.9. The molecular formula is C31H33N3O3S. The van der Waals surface area contributed by atoms with Gasteiger partial charge in [-0.05, 0) is 61.6 Å². The van der Waals surface area contributed by atoms with Crippen LogP contribution in [0.4, 0.5) is 11.4 Å². The van der Waals surface area contributed by atoms with Gasteiger partial charge in [0.1, 0.15) is 10.9 Å². The second kappa shape index (κ2) is 11.0. The van der Waals surface area contributed by atoms with E-state index in [1.165, 1.54) is 0 Å². The monoisotopic (exact) mass is 527 g/mol. The molecule has 0 aromatic heterocycles. The Bertz CT molecular complexity index is 1330. The Morgan fingerprint density at radius 2 is 1.58 bits per heavy atom. The van der Waals surface area contributed by atoms with Gasteiger partial charge in [-0.2, -0.15) is 0 Å². The van der Waals surface area contributed by atoms with Crippen LogP contribution in [0.5, 0.6) is 0 Å². The Labute approximate surface area is 228 Å². The van der Waals surface area contributed by atoms with Crippen molar-refractivity contribution >= 4 is 40.9 Å². The van der Waals surface area contributed by atoms with E-state index in [0.29, 0.717) is 29.8 Å². The number of rotatable bonds is 6. The van der Waals surface area contributed by atoms with Gasteiger partial charge < -0.3 is 10.6 Å². The molecule has 6 nitrogen and oxygen atoms in total. The number of thioether (sulfide) groups is 1. The minimum absolute atomic E-state index is 0.0122. The fourth-order valence-electron chi connectivity index (χ4n) is 5.46. The van der Waals surface area contributed by atoms with Gasteiger partial charge in [0.05, 0.1) is 5.75 Å². The van der Waals surface area contributed by atoms with E-state index in [4.69, 9.17) is 0 Å². The molecule has 3 aromatic carbocycles. The highest BCUT2D eigenvalue weighted by molar-refractivity contribution is 8.00. The summed E-state index contributed by atoms with van der Waals surface area (Å²) in [5.41, 5.74) is 3.96. The molecule has 3 aromatic rings. The van der Waals surface area contributed by atoms with Crippen molar-refractivity contribution in [1.82, 2.24) is 5.32 Å². The zero-order chi connectivity index (χ0) is 26.7. The number of hydrogen-bond donors (Lipinski definition) is 2. The van der Waals surface area contributed by atoms with Gasteiger partial charge in [-0.3, -0.25) is 19.3 Å². The zero-order valence-electron chi connectivity index (χ0n) is 21.8. The van der Waals surface area contributed by atoms with E-state index in [2.05, 4.69) is 10.6 Å². The fraction of sp³-hybridized carbons (Fsp3) is 0.323. The number of carbonyl (C=O) groups is 3. The zero-order valence-corrected chi connectivity index (χ0v) is 22.6. The molecule has 0 radical (unpaired) electrons. The highest BCUT2D eigenvalue weighted by Crippen LogP contribution is 2.42. The van der Waals surface area contributed by atoms with Crippen molar-refractivity contribution in [3.05, 3.63) is 95.1 Å². The molecule has 1 atom stereocenters. The van der Waals surface area contributed by atoms with Crippen LogP contribution in [0, 0.1) is 13.8 Å². The van der Waals surface area contributed by atoms with Crippen LogP contribution in [0.25, 0.3) is 0 Å². The molecule has 2 fully saturated rings. The largest absolute Gasteiger partial charge is 0.338 e. The van der Waals surface area contributed by atoms with Gasteiger partial charge >= 0.3 is 0 Å². The molecule has 38 heavy (non-hydrogen) atoms. The van der Waals surface area contributed by atoms with E-state index < -0.39 is 5.54 Å². The number of benzene rings is 3. The van der Waals surface area contributed by atoms with E-state index in [1.807, 2.05) is 68.4 Å². The minimum atomic E-state index is -0.980. The molecule has 5 rings (SSSR count). The molecule has 1 saturated heterocycles. The van der Waals surface area contributed by atoms with Crippen LogP contribution < -0.4 is 15.5 Å². The number of hydrogen-bond acceptors (Lipinski definition) is 4. The predicted molar refractivity (Wildman–Crippen MR) is 153 cm³/mol.